The number of hydrogen-bond donors (Lipinski definition) is 1. The SMILES string of the molecule is C/C(=C\c1ccccc1)C1NC(=O)C1N=[N+]=[N-]. The number of nitrogens with one attached hydrogen (secondary N) is 1. The summed E-state index contributed by atoms with van der Waals surface area (Å²) in [5.74, 6) is -0.214. The maximum absolute atomic E-state index is 11.2. The molecule has 0 spiro atoms. The Labute approximate surface area is 98.8 Å². The largest absolute Gasteiger partial charge is 0.348 e. The van der Waals surface area contributed by atoms with Crippen molar-refractivity contribution in [2.45, 2.75) is 19.0 Å². The van der Waals surface area contributed by atoms with Crippen molar-refractivity contribution < 1.29 is 4.79 Å². The molecule has 2 atom stereocenters. The van der Waals surface area contributed by atoms with E-state index in [1.165, 1.54) is 0 Å². The molecule has 0 bridgehead atoms. The number of nitrogens with zero attached hydrogens (tertiary/aromatic N) is 3. The minimum Gasteiger partial charge on any atom is -0.348 e. The van der Waals surface area contributed by atoms with Crippen LogP contribution >= 0.6 is 0 Å². The Morgan fingerprint density at radius 1 is 1.47 bits per heavy atom. The van der Waals surface area contributed by atoms with Gasteiger partial charge in [0.2, 0.25) is 5.91 Å². The highest BCUT2D eigenvalue weighted by Crippen LogP contribution is 2.20. The third-order valence-corrected chi connectivity index (χ3v) is 2.74. The Morgan fingerprint density at radius 2 is 2.18 bits per heavy atom. The molecule has 1 heterocycles. The summed E-state index contributed by atoms with van der Waals surface area (Å²) in [7, 11) is 0. The summed E-state index contributed by atoms with van der Waals surface area (Å²) in [5, 5.41) is 6.21. The van der Waals surface area contributed by atoms with Crippen LogP contribution in [0, 0.1) is 0 Å². The molecule has 1 aromatic carbocycles. The smallest absolute Gasteiger partial charge is 0.231 e. The number of benzene rings is 1. The van der Waals surface area contributed by atoms with E-state index >= 15 is 0 Å². The third kappa shape index (κ3) is 2.29. The fraction of sp³-hybridized carbons (Fsp3) is 0.250. The van der Waals surface area contributed by atoms with Gasteiger partial charge < -0.3 is 5.32 Å². The number of rotatable bonds is 3. The van der Waals surface area contributed by atoms with Gasteiger partial charge in [0.05, 0.1) is 6.04 Å². The molecule has 1 aliphatic rings. The van der Waals surface area contributed by atoms with Gasteiger partial charge in [-0.3, -0.25) is 4.79 Å². The van der Waals surface area contributed by atoms with Gasteiger partial charge in [-0.1, -0.05) is 41.5 Å². The van der Waals surface area contributed by atoms with Gasteiger partial charge in [-0.15, -0.1) is 0 Å². The zero-order valence-electron chi connectivity index (χ0n) is 9.37. The Hall–Kier alpha value is -2.26. The van der Waals surface area contributed by atoms with Gasteiger partial charge in [0.25, 0.3) is 0 Å². The van der Waals surface area contributed by atoms with Gasteiger partial charge in [0, 0.05) is 4.91 Å². The Morgan fingerprint density at radius 3 is 2.76 bits per heavy atom. The lowest BCUT2D eigenvalue weighted by atomic mass is 9.92. The maximum Gasteiger partial charge on any atom is 0.231 e. The lowest BCUT2D eigenvalue weighted by molar-refractivity contribution is -0.129. The first-order chi connectivity index (χ1) is 8.22. The molecule has 5 nitrogen and oxygen atoms in total. The molecular formula is C12H12N4O. The van der Waals surface area contributed by atoms with E-state index in [-0.39, 0.29) is 11.9 Å². The molecule has 1 saturated heterocycles. The standard InChI is InChI=1S/C12H12N4O/c1-8(7-9-5-3-2-4-6-9)10-11(15-16-13)12(17)14-10/h2-7,10-11H,1H3,(H,14,17)/b8-7+. The molecule has 2 rings (SSSR count). The van der Waals surface area contributed by atoms with Crippen molar-refractivity contribution in [3.05, 3.63) is 51.9 Å². The number of β-lactam (4-membered cyclic amide) rings is 1. The molecule has 5 heteroatoms. The Balaban J connectivity index is 2.16. The average molecular weight is 228 g/mol. The highest BCUT2D eigenvalue weighted by Gasteiger charge is 2.39. The quantitative estimate of drug-likeness (QED) is 0.366. The van der Waals surface area contributed by atoms with Crippen molar-refractivity contribution in [3.63, 3.8) is 0 Å². The van der Waals surface area contributed by atoms with E-state index in [9.17, 15) is 4.79 Å². The zero-order chi connectivity index (χ0) is 12.3. The molecule has 1 aliphatic heterocycles. The van der Waals surface area contributed by atoms with Gasteiger partial charge in [0.15, 0.2) is 0 Å². The molecule has 2 unspecified atom stereocenters. The zero-order valence-corrected chi connectivity index (χ0v) is 9.37. The van der Waals surface area contributed by atoms with Crippen LogP contribution in [0.2, 0.25) is 0 Å². The van der Waals surface area contributed by atoms with Crippen molar-refractivity contribution in [1.29, 1.82) is 0 Å². The van der Waals surface area contributed by atoms with Crippen molar-refractivity contribution in [2.75, 3.05) is 0 Å². The first kappa shape index (κ1) is 11.2. The van der Waals surface area contributed by atoms with Crippen LogP contribution in [-0.2, 0) is 4.79 Å². The summed E-state index contributed by atoms with van der Waals surface area (Å²) in [6.07, 6.45) is 1.98. The number of azide groups is 1. The van der Waals surface area contributed by atoms with E-state index in [4.69, 9.17) is 5.53 Å². The lowest BCUT2D eigenvalue weighted by Gasteiger charge is -2.34. The Bertz CT molecular complexity index is 500. The second-order valence-corrected chi connectivity index (χ2v) is 3.94. The number of carbonyl (C=O) groups is 1. The summed E-state index contributed by atoms with van der Waals surface area (Å²) in [5.41, 5.74) is 10.4. The lowest BCUT2D eigenvalue weighted by Crippen LogP contribution is -2.61. The van der Waals surface area contributed by atoms with Crippen LogP contribution in [0.5, 0.6) is 0 Å². The number of hydrogen-bond acceptors (Lipinski definition) is 2. The van der Waals surface area contributed by atoms with Crippen molar-refractivity contribution in [2.24, 2.45) is 5.11 Å². The second-order valence-electron chi connectivity index (χ2n) is 3.94. The first-order valence-electron chi connectivity index (χ1n) is 5.30. The van der Waals surface area contributed by atoms with E-state index in [1.54, 1.807) is 0 Å². The predicted molar refractivity (Wildman–Crippen MR) is 65.0 cm³/mol. The normalized spacial score (nSPS) is 23.4. The fourth-order valence-electron chi connectivity index (χ4n) is 1.81. The molecule has 0 saturated carbocycles. The fourth-order valence-corrected chi connectivity index (χ4v) is 1.81. The summed E-state index contributed by atoms with van der Waals surface area (Å²) in [6.45, 7) is 1.91. The molecule has 86 valence electrons. The van der Waals surface area contributed by atoms with Crippen molar-refractivity contribution in [1.82, 2.24) is 5.32 Å². The van der Waals surface area contributed by atoms with Crippen LogP contribution < -0.4 is 5.32 Å². The highest BCUT2D eigenvalue weighted by atomic mass is 16.2. The topological polar surface area (TPSA) is 77.9 Å². The third-order valence-electron chi connectivity index (χ3n) is 2.74. The first-order valence-corrected chi connectivity index (χ1v) is 5.30. The summed E-state index contributed by atoms with van der Waals surface area (Å²) >= 11 is 0. The van der Waals surface area contributed by atoms with Crippen LogP contribution in [0.15, 0.2) is 41.0 Å². The van der Waals surface area contributed by atoms with Crippen LogP contribution in [0.3, 0.4) is 0 Å². The van der Waals surface area contributed by atoms with E-state index < -0.39 is 6.04 Å². The van der Waals surface area contributed by atoms with Gasteiger partial charge in [-0.25, -0.2) is 0 Å². The molecule has 0 aliphatic carbocycles. The van der Waals surface area contributed by atoms with Crippen LogP contribution in [0.4, 0.5) is 0 Å². The minimum absolute atomic E-state index is 0.182. The monoisotopic (exact) mass is 228 g/mol. The van der Waals surface area contributed by atoms with E-state index in [1.807, 2.05) is 43.3 Å². The second kappa shape index (κ2) is 4.72. The van der Waals surface area contributed by atoms with Crippen LogP contribution in [0.1, 0.15) is 12.5 Å². The van der Waals surface area contributed by atoms with Crippen LogP contribution in [0.25, 0.3) is 16.5 Å². The molecule has 17 heavy (non-hydrogen) atoms. The molecule has 1 amide bonds. The van der Waals surface area contributed by atoms with Crippen molar-refractivity contribution in [3.8, 4) is 0 Å². The van der Waals surface area contributed by atoms with Gasteiger partial charge in [-0.2, -0.15) is 0 Å². The summed E-state index contributed by atoms with van der Waals surface area (Å²) in [6, 6.07) is 9.01. The predicted octanol–water partition coefficient (Wildman–Crippen LogP) is 2.27. The molecular weight excluding hydrogens is 216 g/mol. The van der Waals surface area contributed by atoms with Gasteiger partial charge in [-0.05, 0) is 23.6 Å². The Kier molecular flexibility index (Phi) is 3.12. The van der Waals surface area contributed by atoms with Crippen LogP contribution in [-0.4, -0.2) is 18.0 Å². The maximum atomic E-state index is 11.2. The number of amides is 1. The summed E-state index contributed by atoms with van der Waals surface area (Å²) in [4.78, 5) is 13.9. The van der Waals surface area contributed by atoms with Gasteiger partial charge >= 0.3 is 0 Å². The van der Waals surface area contributed by atoms with E-state index in [0.717, 1.165) is 11.1 Å². The highest BCUT2D eigenvalue weighted by molar-refractivity contribution is 5.91. The van der Waals surface area contributed by atoms with Crippen molar-refractivity contribution >= 4 is 12.0 Å². The minimum atomic E-state index is -0.611. The van der Waals surface area contributed by atoms with Gasteiger partial charge in [0.1, 0.15) is 6.04 Å². The molecule has 0 radical (unpaired) electrons. The molecule has 1 N–H and O–H groups in total. The number of carbonyl (C=O) groups excluding carboxylic acids is 1. The average Bonchev–Trinajstić information content (AvgIpc) is 2.34. The molecule has 1 fully saturated rings. The van der Waals surface area contributed by atoms with E-state index in [0.29, 0.717) is 0 Å². The van der Waals surface area contributed by atoms with E-state index in [2.05, 4.69) is 15.3 Å². The summed E-state index contributed by atoms with van der Waals surface area (Å²) < 4.78 is 0. The molecule has 0 aromatic heterocycles. The molecule has 1 aromatic rings.